The third-order valence-corrected chi connectivity index (χ3v) is 3.86. The Balaban J connectivity index is 2.99. The van der Waals surface area contributed by atoms with E-state index in [1.165, 1.54) is 28.0 Å². The lowest BCUT2D eigenvalue weighted by Crippen LogP contribution is -2.14. The summed E-state index contributed by atoms with van der Waals surface area (Å²) < 4.78 is 2.18. The van der Waals surface area contributed by atoms with E-state index >= 15 is 0 Å². The molecule has 0 N–H and O–H groups in total. The van der Waals surface area contributed by atoms with Gasteiger partial charge in [0, 0.05) is 46.3 Å². The van der Waals surface area contributed by atoms with E-state index in [0.29, 0.717) is 0 Å². The maximum absolute atomic E-state index is 4.82. The second-order valence-electron chi connectivity index (χ2n) is 5.65. The van der Waals surface area contributed by atoms with Crippen LogP contribution < -0.4 is 9.80 Å². The Bertz CT molecular complexity index is 636. The van der Waals surface area contributed by atoms with Crippen LogP contribution in [0.25, 0.3) is 11.0 Å². The van der Waals surface area contributed by atoms with Gasteiger partial charge in [0.2, 0.25) is 0 Å². The molecule has 0 bridgehead atoms. The molecule has 104 valence electrons. The lowest BCUT2D eigenvalue weighted by Gasteiger charge is -2.20. The van der Waals surface area contributed by atoms with Gasteiger partial charge in [-0.2, -0.15) is 0 Å². The van der Waals surface area contributed by atoms with Crippen LogP contribution in [0.1, 0.15) is 17.0 Å². The lowest BCUT2D eigenvalue weighted by molar-refractivity contribution is 0.891. The van der Waals surface area contributed by atoms with Crippen molar-refractivity contribution in [2.24, 2.45) is 7.05 Å². The van der Waals surface area contributed by atoms with Crippen LogP contribution in [0.2, 0.25) is 0 Å². The zero-order valence-electron chi connectivity index (χ0n) is 13.3. The lowest BCUT2D eigenvalue weighted by atomic mass is 10.1. The first-order valence-electron chi connectivity index (χ1n) is 6.58. The van der Waals surface area contributed by atoms with Crippen LogP contribution in [0, 0.1) is 20.8 Å². The number of hydrogen-bond acceptors (Lipinski definition) is 3. The summed E-state index contributed by atoms with van der Waals surface area (Å²) in [6, 6.07) is 0. The van der Waals surface area contributed by atoms with Crippen molar-refractivity contribution in [3.63, 3.8) is 0 Å². The van der Waals surface area contributed by atoms with Gasteiger partial charge >= 0.3 is 0 Å². The molecule has 0 aromatic carbocycles. The molecule has 0 aliphatic rings. The van der Waals surface area contributed by atoms with Crippen molar-refractivity contribution >= 4 is 22.4 Å². The molecule has 0 spiro atoms. The summed E-state index contributed by atoms with van der Waals surface area (Å²) >= 11 is 0. The zero-order chi connectivity index (χ0) is 14.5. The fourth-order valence-electron chi connectivity index (χ4n) is 3.06. The van der Waals surface area contributed by atoms with Gasteiger partial charge < -0.3 is 14.4 Å². The maximum atomic E-state index is 4.82. The molecule has 4 heteroatoms. The third kappa shape index (κ3) is 1.86. The van der Waals surface area contributed by atoms with E-state index in [1.807, 2.05) is 0 Å². The van der Waals surface area contributed by atoms with Crippen LogP contribution in [0.15, 0.2) is 0 Å². The summed E-state index contributed by atoms with van der Waals surface area (Å²) in [7, 11) is 10.4. The molecule has 2 aromatic rings. The molecule has 0 unspecified atom stereocenters. The largest absolute Gasteiger partial charge is 0.376 e. The van der Waals surface area contributed by atoms with Gasteiger partial charge in [-0.15, -0.1) is 0 Å². The van der Waals surface area contributed by atoms with E-state index in [4.69, 9.17) is 4.98 Å². The quantitative estimate of drug-likeness (QED) is 0.829. The number of pyridine rings is 1. The summed E-state index contributed by atoms with van der Waals surface area (Å²) in [6.45, 7) is 6.43. The summed E-state index contributed by atoms with van der Waals surface area (Å²) in [5.74, 6) is 0. The van der Waals surface area contributed by atoms with Crippen molar-refractivity contribution < 1.29 is 0 Å². The molecular weight excluding hydrogens is 236 g/mol. The highest BCUT2D eigenvalue weighted by atomic mass is 15.1. The molecule has 0 aliphatic carbocycles. The Morgan fingerprint density at radius 3 is 1.89 bits per heavy atom. The van der Waals surface area contributed by atoms with Crippen LogP contribution in [-0.4, -0.2) is 37.7 Å². The van der Waals surface area contributed by atoms with Gasteiger partial charge in [-0.25, -0.2) is 4.98 Å². The minimum Gasteiger partial charge on any atom is -0.376 e. The molecule has 0 atom stereocenters. The van der Waals surface area contributed by atoms with Crippen LogP contribution >= 0.6 is 0 Å². The molecule has 4 nitrogen and oxygen atoms in total. The minimum absolute atomic E-state index is 1.07. The minimum atomic E-state index is 1.07. The van der Waals surface area contributed by atoms with E-state index in [-0.39, 0.29) is 0 Å². The number of hydrogen-bond donors (Lipinski definition) is 0. The molecule has 0 amide bonds. The molecule has 2 heterocycles. The standard InChI is InChI=1S/C15H24N4/c1-9-12-14(18(6)7)11(3)19(8)15(12)16-10(2)13(9)17(4)5/h1-8H3. The van der Waals surface area contributed by atoms with Crippen molar-refractivity contribution in [3.8, 4) is 0 Å². The highest BCUT2D eigenvalue weighted by Crippen LogP contribution is 2.37. The first-order valence-corrected chi connectivity index (χ1v) is 6.58. The molecule has 19 heavy (non-hydrogen) atoms. The van der Waals surface area contributed by atoms with Crippen molar-refractivity contribution in [3.05, 3.63) is 17.0 Å². The highest BCUT2D eigenvalue weighted by Gasteiger charge is 2.20. The van der Waals surface area contributed by atoms with Crippen LogP contribution in [0.5, 0.6) is 0 Å². The number of anilines is 2. The molecule has 0 aliphatic heterocycles. The average molecular weight is 260 g/mol. The van der Waals surface area contributed by atoms with Gasteiger partial charge in [-0.05, 0) is 26.3 Å². The van der Waals surface area contributed by atoms with Crippen LogP contribution in [0.3, 0.4) is 0 Å². The Kier molecular flexibility index (Phi) is 3.20. The number of fused-ring (bicyclic) bond motifs is 1. The molecule has 0 saturated carbocycles. The van der Waals surface area contributed by atoms with Gasteiger partial charge in [0.15, 0.2) is 0 Å². The van der Waals surface area contributed by atoms with Crippen molar-refractivity contribution in [2.75, 3.05) is 38.0 Å². The SMILES string of the molecule is Cc1nc2c(c(C)c1N(C)C)c(N(C)C)c(C)n2C. The first-order chi connectivity index (χ1) is 8.77. The second-order valence-corrected chi connectivity index (χ2v) is 5.65. The fraction of sp³-hybridized carbons (Fsp3) is 0.533. The second kappa shape index (κ2) is 4.44. The summed E-state index contributed by atoms with van der Waals surface area (Å²) in [4.78, 5) is 9.15. The Hall–Kier alpha value is -1.71. The van der Waals surface area contributed by atoms with Gasteiger partial charge in [0.25, 0.3) is 0 Å². The summed E-state index contributed by atoms with van der Waals surface area (Å²) in [5.41, 5.74) is 7.21. The monoisotopic (exact) mass is 260 g/mol. The normalized spacial score (nSPS) is 11.2. The summed E-state index contributed by atoms with van der Waals surface area (Å²) in [5, 5.41) is 1.26. The predicted octanol–water partition coefficient (Wildman–Crippen LogP) is 2.63. The Labute approximate surface area is 115 Å². The number of aromatic nitrogens is 2. The molecule has 0 fully saturated rings. The van der Waals surface area contributed by atoms with Gasteiger partial charge in [0.05, 0.1) is 17.1 Å². The molecule has 2 rings (SSSR count). The molecule has 2 aromatic heterocycles. The van der Waals surface area contributed by atoms with E-state index in [0.717, 1.165) is 11.3 Å². The van der Waals surface area contributed by atoms with Gasteiger partial charge in [-0.3, -0.25) is 0 Å². The van der Waals surface area contributed by atoms with Crippen LogP contribution in [-0.2, 0) is 7.05 Å². The number of aryl methyl sites for hydroxylation is 3. The Morgan fingerprint density at radius 2 is 1.42 bits per heavy atom. The fourth-order valence-corrected chi connectivity index (χ4v) is 3.06. The van der Waals surface area contributed by atoms with E-state index < -0.39 is 0 Å². The number of rotatable bonds is 2. The number of nitrogens with zero attached hydrogens (tertiary/aromatic N) is 4. The smallest absolute Gasteiger partial charge is 0.142 e. The third-order valence-electron chi connectivity index (χ3n) is 3.86. The van der Waals surface area contributed by atoms with E-state index in [1.54, 1.807) is 0 Å². The predicted molar refractivity (Wildman–Crippen MR) is 83.6 cm³/mol. The molecule has 0 radical (unpaired) electrons. The topological polar surface area (TPSA) is 24.3 Å². The Morgan fingerprint density at radius 1 is 0.895 bits per heavy atom. The van der Waals surface area contributed by atoms with E-state index in [9.17, 15) is 0 Å². The molecule has 0 saturated heterocycles. The van der Waals surface area contributed by atoms with Gasteiger partial charge in [-0.1, -0.05) is 0 Å². The summed E-state index contributed by atoms with van der Waals surface area (Å²) in [6.07, 6.45) is 0. The molecular formula is C15H24N4. The zero-order valence-corrected chi connectivity index (χ0v) is 13.3. The van der Waals surface area contributed by atoms with Crippen molar-refractivity contribution in [1.82, 2.24) is 9.55 Å². The average Bonchev–Trinajstić information content (AvgIpc) is 2.53. The van der Waals surface area contributed by atoms with Gasteiger partial charge in [0.1, 0.15) is 5.65 Å². The van der Waals surface area contributed by atoms with E-state index in [2.05, 4.69) is 70.4 Å². The van der Waals surface area contributed by atoms with Crippen molar-refractivity contribution in [2.45, 2.75) is 20.8 Å². The first kappa shape index (κ1) is 13.7. The maximum Gasteiger partial charge on any atom is 0.142 e. The van der Waals surface area contributed by atoms with Crippen LogP contribution in [0.4, 0.5) is 11.4 Å². The van der Waals surface area contributed by atoms with Crippen molar-refractivity contribution in [1.29, 1.82) is 0 Å². The highest BCUT2D eigenvalue weighted by molar-refractivity contribution is 5.99.